The van der Waals surface area contributed by atoms with E-state index in [0.29, 0.717) is 24.7 Å². The highest BCUT2D eigenvalue weighted by molar-refractivity contribution is 6.31. The van der Waals surface area contributed by atoms with Gasteiger partial charge in [-0.2, -0.15) is 0 Å². The molecular weight excluding hydrogens is 259 g/mol. The molecule has 0 spiro atoms. The highest BCUT2D eigenvalue weighted by Gasteiger charge is 2.28. The second-order valence-electron chi connectivity index (χ2n) is 4.26. The van der Waals surface area contributed by atoms with Crippen molar-refractivity contribution in [3.8, 4) is 0 Å². The third-order valence-electron chi connectivity index (χ3n) is 3.03. The van der Waals surface area contributed by atoms with Crippen LogP contribution in [0.2, 0.25) is 5.02 Å². The molecule has 1 saturated heterocycles. The van der Waals surface area contributed by atoms with Crippen LogP contribution in [0.3, 0.4) is 0 Å². The van der Waals surface area contributed by atoms with Crippen LogP contribution in [-0.4, -0.2) is 41.7 Å². The first kappa shape index (κ1) is 13.3. The normalized spacial score (nSPS) is 20.9. The highest BCUT2D eigenvalue weighted by Crippen LogP contribution is 2.20. The molecule has 1 aliphatic heterocycles. The maximum atomic E-state index is 12.9. The summed E-state index contributed by atoms with van der Waals surface area (Å²) >= 11 is 5.95. The highest BCUT2D eigenvalue weighted by atomic mass is 35.5. The van der Waals surface area contributed by atoms with Crippen molar-refractivity contribution < 1.29 is 14.3 Å². The van der Waals surface area contributed by atoms with Gasteiger partial charge in [0.1, 0.15) is 11.9 Å². The fourth-order valence-electron chi connectivity index (χ4n) is 2.05. The largest absolute Gasteiger partial charge is 0.480 e. The second-order valence-corrected chi connectivity index (χ2v) is 4.67. The van der Waals surface area contributed by atoms with E-state index in [-0.39, 0.29) is 5.82 Å². The molecule has 1 aliphatic rings. The van der Waals surface area contributed by atoms with Crippen molar-refractivity contribution in [1.82, 2.24) is 10.2 Å². The number of hydrogen-bond donors (Lipinski definition) is 2. The molecule has 1 aromatic rings. The Morgan fingerprint density at radius 3 is 3.06 bits per heavy atom. The van der Waals surface area contributed by atoms with Crippen LogP contribution in [0, 0.1) is 5.82 Å². The van der Waals surface area contributed by atoms with E-state index in [4.69, 9.17) is 16.7 Å². The Hall–Kier alpha value is -1.17. The molecule has 6 heteroatoms. The van der Waals surface area contributed by atoms with Gasteiger partial charge < -0.3 is 10.4 Å². The Morgan fingerprint density at radius 1 is 1.61 bits per heavy atom. The fourth-order valence-corrected chi connectivity index (χ4v) is 2.27. The van der Waals surface area contributed by atoms with Crippen molar-refractivity contribution in [3.63, 3.8) is 0 Å². The predicted octanol–water partition coefficient (Wildman–Crippen LogP) is 1.34. The van der Waals surface area contributed by atoms with E-state index in [0.717, 1.165) is 12.1 Å². The van der Waals surface area contributed by atoms with Crippen LogP contribution >= 0.6 is 11.6 Å². The van der Waals surface area contributed by atoms with Gasteiger partial charge in [0.25, 0.3) is 0 Å². The lowest BCUT2D eigenvalue weighted by atomic mass is 10.1. The SMILES string of the molecule is O=C(O)C1CNCCN1Cc1ccc(F)cc1Cl. The molecule has 1 heterocycles. The Morgan fingerprint density at radius 2 is 2.39 bits per heavy atom. The standard InChI is InChI=1S/C12H14ClFN2O2/c13-10-5-9(14)2-1-8(10)7-16-4-3-15-6-11(16)12(17)18/h1-2,5,11,15H,3-4,6-7H2,(H,17,18). The Balaban J connectivity index is 2.13. The number of nitrogens with zero attached hydrogens (tertiary/aromatic N) is 1. The van der Waals surface area contributed by atoms with E-state index in [1.165, 1.54) is 12.1 Å². The third kappa shape index (κ3) is 2.98. The molecule has 1 unspecified atom stereocenters. The van der Waals surface area contributed by atoms with Crippen molar-refractivity contribution in [1.29, 1.82) is 0 Å². The smallest absolute Gasteiger partial charge is 0.322 e. The minimum absolute atomic E-state index is 0.331. The molecule has 1 fully saturated rings. The molecule has 2 rings (SSSR count). The zero-order chi connectivity index (χ0) is 13.1. The van der Waals surface area contributed by atoms with E-state index in [9.17, 15) is 9.18 Å². The molecule has 1 atom stereocenters. The van der Waals surface area contributed by atoms with E-state index in [2.05, 4.69) is 5.32 Å². The van der Waals surface area contributed by atoms with Crippen LogP contribution in [-0.2, 0) is 11.3 Å². The number of halogens is 2. The number of aliphatic carboxylic acids is 1. The maximum absolute atomic E-state index is 12.9. The monoisotopic (exact) mass is 272 g/mol. The third-order valence-corrected chi connectivity index (χ3v) is 3.38. The minimum Gasteiger partial charge on any atom is -0.480 e. The number of carboxylic acids is 1. The second kappa shape index (κ2) is 5.65. The molecule has 1 aromatic carbocycles. The summed E-state index contributed by atoms with van der Waals surface area (Å²) in [6.45, 7) is 2.19. The lowest BCUT2D eigenvalue weighted by Gasteiger charge is -2.33. The molecule has 0 radical (unpaired) electrons. The predicted molar refractivity (Wildman–Crippen MR) is 66.1 cm³/mol. The summed E-state index contributed by atoms with van der Waals surface area (Å²) in [5, 5.41) is 12.5. The van der Waals surface area contributed by atoms with Gasteiger partial charge in [0.05, 0.1) is 0 Å². The quantitative estimate of drug-likeness (QED) is 0.872. The summed E-state index contributed by atoms with van der Waals surface area (Å²) in [7, 11) is 0. The number of hydrogen-bond acceptors (Lipinski definition) is 3. The summed E-state index contributed by atoms with van der Waals surface area (Å²) in [6, 6.07) is 3.60. The molecule has 0 saturated carbocycles. The van der Waals surface area contributed by atoms with Crippen molar-refractivity contribution in [2.75, 3.05) is 19.6 Å². The molecule has 4 nitrogen and oxygen atoms in total. The zero-order valence-electron chi connectivity index (χ0n) is 9.70. The van der Waals surface area contributed by atoms with Gasteiger partial charge in [-0.25, -0.2) is 4.39 Å². The number of piperazine rings is 1. The molecule has 98 valence electrons. The molecule has 2 N–H and O–H groups in total. The summed E-state index contributed by atoms with van der Waals surface area (Å²) in [6.07, 6.45) is 0. The average Bonchev–Trinajstić information content (AvgIpc) is 2.33. The molecule has 0 bridgehead atoms. The van der Waals surface area contributed by atoms with Gasteiger partial charge in [-0.05, 0) is 17.7 Å². The van der Waals surface area contributed by atoms with Crippen LogP contribution < -0.4 is 5.32 Å². The fraction of sp³-hybridized carbons (Fsp3) is 0.417. The summed E-state index contributed by atoms with van der Waals surface area (Å²) in [5.41, 5.74) is 0.742. The van der Waals surface area contributed by atoms with Crippen LogP contribution in [0.5, 0.6) is 0 Å². The Labute approximate surface area is 109 Å². The van der Waals surface area contributed by atoms with Crippen molar-refractivity contribution in [2.24, 2.45) is 0 Å². The van der Waals surface area contributed by atoms with Gasteiger partial charge in [0.15, 0.2) is 0 Å². The van der Waals surface area contributed by atoms with Gasteiger partial charge >= 0.3 is 5.97 Å². The van der Waals surface area contributed by atoms with Crippen LogP contribution in [0.15, 0.2) is 18.2 Å². The number of nitrogens with one attached hydrogen (secondary N) is 1. The lowest BCUT2D eigenvalue weighted by Crippen LogP contribution is -2.54. The first-order chi connectivity index (χ1) is 8.58. The van der Waals surface area contributed by atoms with Crippen LogP contribution in [0.25, 0.3) is 0 Å². The first-order valence-corrected chi connectivity index (χ1v) is 6.07. The van der Waals surface area contributed by atoms with E-state index < -0.39 is 12.0 Å². The number of rotatable bonds is 3. The van der Waals surface area contributed by atoms with Gasteiger partial charge in [-0.1, -0.05) is 17.7 Å². The van der Waals surface area contributed by atoms with Gasteiger partial charge in [0.2, 0.25) is 0 Å². The molecule has 18 heavy (non-hydrogen) atoms. The van der Waals surface area contributed by atoms with Gasteiger partial charge in [-0.15, -0.1) is 0 Å². The topological polar surface area (TPSA) is 52.6 Å². The van der Waals surface area contributed by atoms with Gasteiger partial charge in [-0.3, -0.25) is 9.69 Å². The zero-order valence-corrected chi connectivity index (χ0v) is 10.5. The molecule has 0 aliphatic carbocycles. The molecule has 0 amide bonds. The average molecular weight is 273 g/mol. The van der Waals surface area contributed by atoms with E-state index >= 15 is 0 Å². The number of carboxylic acid groups (broad SMARTS) is 1. The summed E-state index contributed by atoms with van der Waals surface area (Å²) in [4.78, 5) is 13.0. The molecular formula is C12H14ClFN2O2. The van der Waals surface area contributed by atoms with E-state index in [1.54, 1.807) is 6.07 Å². The van der Waals surface area contributed by atoms with Crippen molar-refractivity contribution in [2.45, 2.75) is 12.6 Å². The van der Waals surface area contributed by atoms with Crippen molar-refractivity contribution >= 4 is 17.6 Å². The first-order valence-electron chi connectivity index (χ1n) is 5.69. The van der Waals surface area contributed by atoms with Crippen LogP contribution in [0.4, 0.5) is 4.39 Å². The Bertz CT molecular complexity index is 456. The van der Waals surface area contributed by atoms with Crippen molar-refractivity contribution in [3.05, 3.63) is 34.6 Å². The summed E-state index contributed by atoms with van der Waals surface area (Å²) in [5.74, 6) is -1.25. The molecule has 0 aromatic heterocycles. The van der Waals surface area contributed by atoms with E-state index in [1.807, 2.05) is 4.90 Å². The maximum Gasteiger partial charge on any atom is 0.322 e. The number of benzene rings is 1. The lowest BCUT2D eigenvalue weighted by molar-refractivity contribution is -0.144. The minimum atomic E-state index is -0.861. The van der Waals surface area contributed by atoms with Crippen LogP contribution in [0.1, 0.15) is 5.56 Å². The number of carbonyl (C=O) groups is 1. The van der Waals surface area contributed by atoms with Gasteiger partial charge in [0, 0.05) is 31.2 Å². The Kier molecular flexibility index (Phi) is 4.16. The summed E-state index contributed by atoms with van der Waals surface area (Å²) < 4.78 is 12.9.